The Hall–Kier alpha value is -2.75. The average molecular weight is 404 g/mol. The first-order chi connectivity index (χ1) is 13.3. The molecule has 2 aromatic rings. The number of quaternary nitrogens is 1. The van der Waals surface area contributed by atoms with Crippen LogP contribution in [0.15, 0.2) is 53.4 Å². The maximum atomic E-state index is 12.7. The van der Waals surface area contributed by atoms with E-state index in [9.17, 15) is 18.0 Å². The van der Waals surface area contributed by atoms with E-state index in [0.29, 0.717) is 24.4 Å². The standard InChI is InChI=1S/C19H21N3O5S/c1-27-15-4-2-3-14(11-15)22-18(23)12-17(19(22)24)21-10-9-13-5-7-16(8-6-13)28(20,25)26/h2-8,11,17,21H,9-10,12H2,1H3,(H2,20,25,26)/p+1/t17-/m0/s1. The van der Waals surface area contributed by atoms with Gasteiger partial charge in [-0.3, -0.25) is 9.59 Å². The molecule has 1 heterocycles. The summed E-state index contributed by atoms with van der Waals surface area (Å²) in [7, 11) is -2.18. The third kappa shape index (κ3) is 4.38. The Balaban J connectivity index is 1.60. The lowest BCUT2D eigenvalue weighted by Crippen LogP contribution is -2.92. The summed E-state index contributed by atoms with van der Waals surface area (Å²) in [6.07, 6.45) is 0.766. The van der Waals surface area contributed by atoms with E-state index < -0.39 is 16.1 Å². The molecular weight excluding hydrogens is 382 g/mol. The Labute approximate surface area is 163 Å². The third-order valence-electron chi connectivity index (χ3n) is 4.63. The lowest BCUT2D eigenvalue weighted by Gasteiger charge is -2.15. The van der Waals surface area contributed by atoms with E-state index in [-0.39, 0.29) is 23.1 Å². The van der Waals surface area contributed by atoms with Crippen LogP contribution >= 0.6 is 0 Å². The van der Waals surface area contributed by atoms with Crippen LogP contribution in [0.5, 0.6) is 5.75 Å². The first-order valence-electron chi connectivity index (χ1n) is 8.75. The maximum absolute atomic E-state index is 12.7. The molecule has 148 valence electrons. The molecule has 0 saturated carbocycles. The predicted molar refractivity (Wildman–Crippen MR) is 102 cm³/mol. The second kappa shape index (κ2) is 8.09. The fourth-order valence-corrected chi connectivity index (χ4v) is 3.67. The average Bonchev–Trinajstić information content (AvgIpc) is 2.95. The first-order valence-corrected chi connectivity index (χ1v) is 10.3. The molecule has 1 saturated heterocycles. The smallest absolute Gasteiger partial charge is 0.292 e. The van der Waals surface area contributed by atoms with Gasteiger partial charge in [-0.15, -0.1) is 0 Å². The lowest BCUT2D eigenvalue weighted by molar-refractivity contribution is -0.674. The van der Waals surface area contributed by atoms with Crippen LogP contribution in [0.4, 0.5) is 5.69 Å². The van der Waals surface area contributed by atoms with E-state index >= 15 is 0 Å². The number of rotatable bonds is 7. The number of hydrogen-bond donors (Lipinski definition) is 2. The van der Waals surface area contributed by atoms with E-state index in [1.165, 1.54) is 24.1 Å². The van der Waals surface area contributed by atoms with Gasteiger partial charge in [-0.1, -0.05) is 18.2 Å². The summed E-state index contributed by atoms with van der Waals surface area (Å²) in [5.41, 5.74) is 1.42. The van der Waals surface area contributed by atoms with Crippen LogP contribution < -0.4 is 20.1 Å². The number of primary sulfonamides is 1. The van der Waals surface area contributed by atoms with Crippen molar-refractivity contribution >= 4 is 27.5 Å². The Bertz CT molecular complexity index is 989. The number of benzene rings is 2. The van der Waals surface area contributed by atoms with Crippen LogP contribution in [0.25, 0.3) is 0 Å². The second-order valence-electron chi connectivity index (χ2n) is 6.54. The van der Waals surface area contributed by atoms with E-state index in [0.717, 1.165) is 5.56 Å². The van der Waals surface area contributed by atoms with Gasteiger partial charge in [0.15, 0.2) is 6.04 Å². The quantitative estimate of drug-likeness (QED) is 0.618. The first kappa shape index (κ1) is 20.0. The minimum absolute atomic E-state index is 0.0609. The van der Waals surface area contributed by atoms with Gasteiger partial charge < -0.3 is 10.1 Å². The summed E-state index contributed by atoms with van der Waals surface area (Å²) in [5.74, 6) is 0.0910. The monoisotopic (exact) mass is 404 g/mol. The van der Waals surface area contributed by atoms with Crippen LogP contribution in [0, 0.1) is 0 Å². The minimum atomic E-state index is -3.71. The van der Waals surface area contributed by atoms with E-state index in [1.807, 2.05) is 5.32 Å². The van der Waals surface area contributed by atoms with Gasteiger partial charge in [0, 0.05) is 12.5 Å². The molecule has 1 fully saturated rings. The van der Waals surface area contributed by atoms with Gasteiger partial charge in [0.05, 0.1) is 30.7 Å². The van der Waals surface area contributed by atoms with Crippen molar-refractivity contribution in [1.82, 2.24) is 0 Å². The topological polar surface area (TPSA) is 123 Å². The van der Waals surface area contributed by atoms with Crippen molar-refractivity contribution in [3.05, 3.63) is 54.1 Å². The molecule has 28 heavy (non-hydrogen) atoms. The molecule has 0 aromatic heterocycles. The van der Waals surface area contributed by atoms with Crippen molar-refractivity contribution in [3.8, 4) is 5.75 Å². The summed E-state index contributed by atoms with van der Waals surface area (Å²) in [6, 6.07) is 12.7. The number of hydrogen-bond acceptors (Lipinski definition) is 5. The number of ether oxygens (including phenoxy) is 1. The number of anilines is 1. The van der Waals surface area contributed by atoms with Gasteiger partial charge in [-0.25, -0.2) is 18.5 Å². The van der Waals surface area contributed by atoms with Crippen molar-refractivity contribution in [3.63, 3.8) is 0 Å². The molecule has 2 amide bonds. The van der Waals surface area contributed by atoms with Gasteiger partial charge in [0.1, 0.15) is 5.75 Å². The molecule has 0 aliphatic carbocycles. The van der Waals surface area contributed by atoms with Crippen molar-refractivity contribution in [1.29, 1.82) is 0 Å². The van der Waals surface area contributed by atoms with Crippen molar-refractivity contribution in [2.24, 2.45) is 5.14 Å². The molecule has 2 aromatic carbocycles. The fraction of sp³-hybridized carbons (Fsp3) is 0.263. The number of nitrogens with two attached hydrogens (primary N) is 2. The fourth-order valence-electron chi connectivity index (χ4n) is 3.16. The van der Waals surface area contributed by atoms with E-state index in [4.69, 9.17) is 9.88 Å². The summed E-state index contributed by atoms with van der Waals surface area (Å²) in [4.78, 5) is 26.3. The van der Waals surface area contributed by atoms with Crippen LogP contribution in [0.2, 0.25) is 0 Å². The van der Waals surface area contributed by atoms with Crippen molar-refractivity contribution in [2.75, 3.05) is 18.6 Å². The van der Waals surface area contributed by atoms with Gasteiger partial charge in [-0.2, -0.15) is 0 Å². The molecule has 3 rings (SSSR count). The summed E-state index contributed by atoms with van der Waals surface area (Å²) in [5, 5.41) is 6.92. The highest BCUT2D eigenvalue weighted by molar-refractivity contribution is 7.89. The molecular formula is C19H22N3O5S+. The highest BCUT2D eigenvalue weighted by Crippen LogP contribution is 2.25. The Kier molecular flexibility index (Phi) is 5.78. The van der Waals surface area contributed by atoms with Crippen LogP contribution in [-0.4, -0.2) is 39.9 Å². The zero-order valence-electron chi connectivity index (χ0n) is 15.4. The van der Waals surface area contributed by atoms with Gasteiger partial charge in [0.2, 0.25) is 15.9 Å². The van der Waals surface area contributed by atoms with Crippen LogP contribution in [0.3, 0.4) is 0 Å². The Morgan fingerprint density at radius 3 is 2.54 bits per heavy atom. The van der Waals surface area contributed by atoms with Gasteiger partial charge in [-0.05, 0) is 29.8 Å². The molecule has 1 aliphatic heterocycles. The molecule has 1 aliphatic rings. The normalized spacial score (nSPS) is 17.2. The Morgan fingerprint density at radius 2 is 1.89 bits per heavy atom. The van der Waals surface area contributed by atoms with Crippen LogP contribution in [-0.2, 0) is 26.0 Å². The minimum Gasteiger partial charge on any atom is -0.497 e. The lowest BCUT2D eigenvalue weighted by atomic mass is 10.1. The van der Waals surface area contributed by atoms with E-state index in [2.05, 4.69) is 0 Å². The Morgan fingerprint density at radius 1 is 1.18 bits per heavy atom. The number of carbonyl (C=O) groups is 2. The number of methoxy groups -OCH3 is 1. The summed E-state index contributed by atoms with van der Waals surface area (Å²) < 4.78 is 27.7. The molecule has 0 spiro atoms. The molecule has 0 bridgehead atoms. The zero-order chi connectivity index (χ0) is 20.3. The SMILES string of the molecule is COc1cccc(N2C(=O)C[C@H]([NH2+]CCc3ccc(S(N)(=O)=O)cc3)C2=O)c1. The number of sulfonamides is 1. The highest BCUT2D eigenvalue weighted by atomic mass is 32.2. The number of nitrogens with zero attached hydrogens (tertiary/aromatic N) is 1. The van der Waals surface area contributed by atoms with Crippen LogP contribution in [0.1, 0.15) is 12.0 Å². The zero-order valence-corrected chi connectivity index (χ0v) is 16.2. The third-order valence-corrected chi connectivity index (χ3v) is 5.56. The molecule has 8 nitrogen and oxygen atoms in total. The maximum Gasteiger partial charge on any atom is 0.292 e. The van der Waals surface area contributed by atoms with Crippen molar-refractivity contribution < 1.29 is 28.1 Å². The second-order valence-corrected chi connectivity index (χ2v) is 8.10. The highest BCUT2D eigenvalue weighted by Gasteiger charge is 2.42. The number of carbonyl (C=O) groups excluding carboxylic acids is 2. The number of amides is 2. The predicted octanol–water partition coefficient (Wildman–Crippen LogP) is -0.219. The van der Waals surface area contributed by atoms with Crippen molar-refractivity contribution in [2.45, 2.75) is 23.8 Å². The van der Waals surface area contributed by atoms with Gasteiger partial charge >= 0.3 is 0 Å². The molecule has 0 radical (unpaired) electrons. The molecule has 9 heteroatoms. The number of imide groups is 1. The summed E-state index contributed by atoms with van der Waals surface area (Å²) in [6.45, 7) is 0.588. The van der Waals surface area contributed by atoms with Gasteiger partial charge in [0.25, 0.3) is 5.91 Å². The molecule has 0 unspecified atom stereocenters. The summed E-state index contributed by atoms with van der Waals surface area (Å²) >= 11 is 0. The van der Waals surface area contributed by atoms with E-state index in [1.54, 1.807) is 36.4 Å². The molecule has 4 N–H and O–H groups in total. The largest absolute Gasteiger partial charge is 0.497 e. The molecule has 1 atom stereocenters.